The van der Waals surface area contributed by atoms with Gasteiger partial charge in [0.2, 0.25) is 16.9 Å². The highest BCUT2D eigenvalue weighted by Gasteiger charge is 2.35. The van der Waals surface area contributed by atoms with Crippen LogP contribution < -0.4 is 10.2 Å². The van der Waals surface area contributed by atoms with Crippen molar-refractivity contribution in [2.75, 3.05) is 23.4 Å². The van der Waals surface area contributed by atoms with Gasteiger partial charge in [0.05, 0.1) is 5.92 Å². The van der Waals surface area contributed by atoms with Gasteiger partial charge in [-0.05, 0) is 31.5 Å². The average molecular weight is 395 g/mol. The maximum atomic E-state index is 12.5. The monoisotopic (exact) mass is 394 g/mol. The van der Waals surface area contributed by atoms with Crippen LogP contribution in [0.4, 0.5) is 10.8 Å². The number of carbonyl (C=O) groups is 2. The zero-order valence-corrected chi connectivity index (χ0v) is 16.1. The lowest BCUT2D eigenvalue weighted by Gasteiger charge is -2.17. The van der Waals surface area contributed by atoms with Gasteiger partial charge in [0, 0.05) is 30.3 Å². The smallest absolute Gasteiger partial charge is 0.231 e. The van der Waals surface area contributed by atoms with E-state index in [1.165, 1.54) is 11.3 Å². The molecule has 0 radical (unpaired) electrons. The standard InChI is InChI=1S/C17H19ClN4O3S/c1-3-25-9-14-20-21-17(26-14)19-16(24)11-6-15(23)22(8-11)12-5-4-10(2)13(18)7-12/h4-5,7,11H,3,6,8-9H2,1-2H3,(H,19,21,24)/t11-/m1/s1. The van der Waals surface area contributed by atoms with E-state index in [9.17, 15) is 9.59 Å². The molecule has 1 fully saturated rings. The fourth-order valence-corrected chi connectivity index (χ4v) is 3.50. The first-order valence-electron chi connectivity index (χ1n) is 8.25. The predicted octanol–water partition coefficient (Wildman–Crippen LogP) is 3.03. The summed E-state index contributed by atoms with van der Waals surface area (Å²) in [5.41, 5.74) is 1.64. The SMILES string of the molecule is CCOCc1nnc(NC(=O)[C@@H]2CC(=O)N(c3ccc(C)c(Cl)c3)C2)s1. The highest BCUT2D eigenvalue weighted by molar-refractivity contribution is 7.15. The van der Waals surface area contributed by atoms with Crippen molar-refractivity contribution in [3.63, 3.8) is 0 Å². The summed E-state index contributed by atoms with van der Waals surface area (Å²) in [6.45, 7) is 5.07. The Morgan fingerprint density at radius 2 is 2.27 bits per heavy atom. The Labute approximate surface area is 160 Å². The minimum Gasteiger partial charge on any atom is -0.374 e. The molecule has 1 aliphatic rings. The summed E-state index contributed by atoms with van der Waals surface area (Å²) in [5.74, 6) is -0.778. The van der Waals surface area contributed by atoms with Gasteiger partial charge >= 0.3 is 0 Å². The van der Waals surface area contributed by atoms with E-state index >= 15 is 0 Å². The predicted molar refractivity (Wildman–Crippen MR) is 101 cm³/mol. The number of carbonyl (C=O) groups excluding carboxylic acids is 2. The number of hydrogen-bond acceptors (Lipinski definition) is 6. The van der Waals surface area contributed by atoms with Crippen LogP contribution in [-0.2, 0) is 20.9 Å². The fraction of sp³-hybridized carbons (Fsp3) is 0.412. The van der Waals surface area contributed by atoms with Gasteiger partial charge < -0.3 is 15.0 Å². The van der Waals surface area contributed by atoms with Crippen molar-refractivity contribution in [2.45, 2.75) is 26.9 Å². The minimum absolute atomic E-state index is 0.0978. The lowest BCUT2D eigenvalue weighted by atomic mass is 10.1. The molecule has 0 saturated carbocycles. The second kappa shape index (κ2) is 8.11. The Morgan fingerprint density at radius 1 is 1.46 bits per heavy atom. The summed E-state index contributed by atoms with van der Waals surface area (Å²) in [5, 5.41) is 12.3. The van der Waals surface area contributed by atoms with Crippen LogP contribution in [0, 0.1) is 12.8 Å². The molecule has 138 valence electrons. The lowest BCUT2D eigenvalue weighted by molar-refractivity contribution is -0.122. The van der Waals surface area contributed by atoms with Crippen LogP contribution in [0.1, 0.15) is 23.9 Å². The zero-order chi connectivity index (χ0) is 18.7. The summed E-state index contributed by atoms with van der Waals surface area (Å²) in [6, 6.07) is 5.45. The summed E-state index contributed by atoms with van der Waals surface area (Å²) in [4.78, 5) is 26.4. The van der Waals surface area contributed by atoms with Crippen LogP contribution in [0.2, 0.25) is 5.02 Å². The normalized spacial score (nSPS) is 17.0. The number of anilines is 2. The van der Waals surface area contributed by atoms with E-state index in [0.717, 1.165) is 5.56 Å². The van der Waals surface area contributed by atoms with Gasteiger partial charge in [-0.25, -0.2) is 0 Å². The van der Waals surface area contributed by atoms with Crippen molar-refractivity contribution in [3.05, 3.63) is 33.8 Å². The zero-order valence-electron chi connectivity index (χ0n) is 14.5. The fourth-order valence-electron chi connectivity index (χ4n) is 2.64. The van der Waals surface area contributed by atoms with Gasteiger partial charge in [-0.15, -0.1) is 10.2 Å². The Kier molecular flexibility index (Phi) is 5.85. The molecule has 2 heterocycles. The van der Waals surface area contributed by atoms with E-state index in [2.05, 4.69) is 15.5 Å². The van der Waals surface area contributed by atoms with E-state index in [-0.39, 0.29) is 18.2 Å². The first-order chi connectivity index (χ1) is 12.5. The molecule has 26 heavy (non-hydrogen) atoms. The van der Waals surface area contributed by atoms with Crippen molar-refractivity contribution in [1.82, 2.24) is 10.2 Å². The molecule has 2 amide bonds. The molecule has 1 aromatic heterocycles. The van der Waals surface area contributed by atoms with Gasteiger partial charge in [0.1, 0.15) is 11.6 Å². The molecule has 1 saturated heterocycles. The molecule has 7 nitrogen and oxygen atoms in total. The van der Waals surface area contributed by atoms with E-state index < -0.39 is 5.92 Å². The van der Waals surface area contributed by atoms with Crippen molar-refractivity contribution >= 4 is 45.6 Å². The molecule has 0 aliphatic carbocycles. The number of halogens is 1. The molecule has 1 aliphatic heterocycles. The number of hydrogen-bond donors (Lipinski definition) is 1. The topological polar surface area (TPSA) is 84.4 Å². The molecule has 1 atom stereocenters. The maximum Gasteiger partial charge on any atom is 0.231 e. The highest BCUT2D eigenvalue weighted by Crippen LogP contribution is 2.29. The number of amides is 2. The molecule has 3 rings (SSSR count). The molecule has 0 spiro atoms. The molecule has 9 heteroatoms. The number of aromatic nitrogens is 2. The molecule has 0 bridgehead atoms. The number of nitrogens with one attached hydrogen (secondary N) is 1. The van der Waals surface area contributed by atoms with Crippen molar-refractivity contribution < 1.29 is 14.3 Å². The lowest BCUT2D eigenvalue weighted by Crippen LogP contribution is -2.28. The summed E-state index contributed by atoms with van der Waals surface area (Å²) < 4.78 is 5.27. The van der Waals surface area contributed by atoms with Gasteiger partial charge in [-0.2, -0.15) is 0 Å². The minimum atomic E-state index is -0.443. The Morgan fingerprint density at radius 3 is 3.00 bits per heavy atom. The number of aryl methyl sites for hydroxylation is 1. The number of nitrogens with zero attached hydrogens (tertiary/aromatic N) is 3. The first kappa shape index (κ1) is 18.8. The molecular formula is C17H19ClN4O3S. The van der Waals surface area contributed by atoms with Gasteiger partial charge in [-0.3, -0.25) is 9.59 Å². The van der Waals surface area contributed by atoms with Crippen LogP contribution in [-0.4, -0.2) is 35.2 Å². The van der Waals surface area contributed by atoms with Gasteiger partial charge in [-0.1, -0.05) is 29.0 Å². The third-order valence-electron chi connectivity index (χ3n) is 4.09. The van der Waals surface area contributed by atoms with Crippen LogP contribution in [0.3, 0.4) is 0 Å². The Bertz CT molecular complexity index is 826. The second-order valence-corrected chi connectivity index (χ2v) is 7.44. The summed E-state index contributed by atoms with van der Waals surface area (Å²) in [6.07, 6.45) is 0.155. The van der Waals surface area contributed by atoms with E-state index in [1.54, 1.807) is 11.0 Å². The molecule has 0 unspecified atom stereocenters. The second-order valence-electron chi connectivity index (χ2n) is 5.97. The van der Waals surface area contributed by atoms with Crippen molar-refractivity contribution in [2.24, 2.45) is 5.92 Å². The molecule has 1 aromatic carbocycles. The average Bonchev–Trinajstić information content (AvgIpc) is 3.22. The Hall–Kier alpha value is -2.03. The van der Waals surface area contributed by atoms with E-state index in [0.29, 0.717) is 40.6 Å². The van der Waals surface area contributed by atoms with E-state index in [1.807, 2.05) is 26.0 Å². The number of benzene rings is 1. The summed E-state index contributed by atoms with van der Waals surface area (Å²) in [7, 11) is 0. The van der Waals surface area contributed by atoms with Crippen LogP contribution in [0.5, 0.6) is 0 Å². The van der Waals surface area contributed by atoms with Gasteiger partial charge in [0.25, 0.3) is 0 Å². The first-order valence-corrected chi connectivity index (χ1v) is 9.45. The number of rotatable bonds is 6. The third-order valence-corrected chi connectivity index (χ3v) is 5.31. The quantitative estimate of drug-likeness (QED) is 0.814. The molecule has 1 N–H and O–H groups in total. The molecule has 2 aromatic rings. The molecular weight excluding hydrogens is 376 g/mol. The third kappa shape index (κ3) is 4.20. The number of ether oxygens (including phenoxy) is 1. The van der Waals surface area contributed by atoms with Crippen LogP contribution in [0.15, 0.2) is 18.2 Å². The largest absolute Gasteiger partial charge is 0.374 e. The van der Waals surface area contributed by atoms with Gasteiger partial charge in [0.15, 0.2) is 0 Å². The Balaban J connectivity index is 1.63. The highest BCUT2D eigenvalue weighted by atomic mass is 35.5. The van der Waals surface area contributed by atoms with E-state index in [4.69, 9.17) is 16.3 Å². The summed E-state index contributed by atoms with van der Waals surface area (Å²) >= 11 is 7.41. The maximum absolute atomic E-state index is 12.5. The van der Waals surface area contributed by atoms with Crippen LogP contribution >= 0.6 is 22.9 Å². The van der Waals surface area contributed by atoms with Crippen molar-refractivity contribution in [3.8, 4) is 0 Å². The van der Waals surface area contributed by atoms with Crippen molar-refractivity contribution in [1.29, 1.82) is 0 Å². The van der Waals surface area contributed by atoms with Crippen LogP contribution in [0.25, 0.3) is 0 Å².